The lowest BCUT2D eigenvalue weighted by molar-refractivity contribution is -0.132. The first-order valence-electron chi connectivity index (χ1n) is 11.1. The van der Waals surface area contributed by atoms with Crippen LogP contribution in [-0.4, -0.2) is 29.7 Å². The number of hydrogen-bond acceptors (Lipinski definition) is 7. The van der Waals surface area contributed by atoms with Crippen LogP contribution in [0, 0.1) is 0 Å². The van der Waals surface area contributed by atoms with Crippen molar-refractivity contribution in [3.8, 4) is 5.75 Å². The van der Waals surface area contributed by atoms with E-state index in [4.69, 9.17) is 14.9 Å². The van der Waals surface area contributed by atoms with Crippen molar-refractivity contribution in [1.82, 2.24) is 10.3 Å². The molecule has 8 heteroatoms. The summed E-state index contributed by atoms with van der Waals surface area (Å²) < 4.78 is 11.2. The van der Waals surface area contributed by atoms with Crippen LogP contribution in [0.15, 0.2) is 65.1 Å². The van der Waals surface area contributed by atoms with E-state index >= 15 is 0 Å². The Kier molecular flexibility index (Phi) is 7.54. The predicted octanol–water partition coefficient (Wildman–Crippen LogP) is 4.29. The molecule has 0 fully saturated rings. The molecule has 0 aliphatic rings. The molecule has 0 radical (unpaired) electrons. The molecular weight excluding hydrogens is 446 g/mol. The summed E-state index contributed by atoms with van der Waals surface area (Å²) in [5.74, 6) is 0.0200. The summed E-state index contributed by atoms with van der Waals surface area (Å²) in [7, 11) is 1.53. The Morgan fingerprint density at radius 1 is 1.23 bits per heavy atom. The van der Waals surface area contributed by atoms with Crippen molar-refractivity contribution in [3.63, 3.8) is 0 Å². The molecule has 35 heavy (non-hydrogen) atoms. The summed E-state index contributed by atoms with van der Waals surface area (Å²) in [6.07, 6.45) is 3.31. The molecule has 8 nitrogen and oxygen atoms in total. The Hall–Kier alpha value is -4.20. The number of nitrogens with zero attached hydrogens (tertiary/aromatic N) is 1. The Morgan fingerprint density at radius 3 is 2.63 bits per heavy atom. The lowest BCUT2D eigenvalue weighted by Crippen LogP contribution is -2.44. The molecule has 0 aliphatic carbocycles. The Morgan fingerprint density at radius 2 is 1.97 bits per heavy atom. The van der Waals surface area contributed by atoms with E-state index in [1.807, 2.05) is 6.07 Å². The molecule has 2 heterocycles. The number of carbonyl (C=O) groups is 3. The largest absolute Gasteiger partial charge is 0.497 e. The van der Waals surface area contributed by atoms with Gasteiger partial charge in [-0.25, -0.2) is 4.98 Å². The van der Waals surface area contributed by atoms with E-state index in [1.165, 1.54) is 20.1 Å². The summed E-state index contributed by atoms with van der Waals surface area (Å²) >= 11 is 0. The van der Waals surface area contributed by atoms with Crippen molar-refractivity contribution >= 4 is 34.5 Å². The van der Waals surface area contributed by atoms with Crippen LogP contribution in [0.4, 0.5) is 5.82 Å². The zero-order valence-corrected chi connectivity index (χ0v) is 20.3. The lowest BCUT2D eigenvalue weighted by atomic mass is 9.78. The minimum absolute atomic E-state index is 0.106. The minimum atomic E-state index is -1.29. The average Bonchev–Trinajstić information content (AvgIpc) is 3.23. The fraction of sp³-hybridized carbons (Fsp3) is 0.259. The number of benzene rings is 1. The van der Waals surface area contributed by atoms with Crippen LogP contribution in [0.3, 0.4) is 0 Å². The van der Waals surface area contributed by atoms with Crippen LogP contribution in [0.1, 0.15) is 48.9 Å². The second-order valence-corrected chi connectivity index (χ2v) is 8.56. The third kappa shape index (κ3) is 5.66. The van der Waals surface area contributed by atoms with Gasteiger partial charge in [-0.2, -0.15) is 0 Å². The Labute approximate surface area is 203 Å². The van der Waals surface area contributed by atoms with Gasteiger partial charge >= 0.3 is 0 Å². The van der Waals surface area contributed by atoms with Crippen molar-refractivity contribution in [2.24, 2.45) is 0 Å². The number of hydrogen-bond donors (Lipinski definition) is 2. The quantitative estimate of drug-likeness (QED) is 0.269. The topological polar surface area (TPSA) is 125 Å². The number of rotatable bonds is 9. The van der Waals surface area contributed by atoms with Crippen molar-refractivity contribution in [2.45, 2.75) is 39.0 Å². The highest BCUT2D eigenvalue weighted by molar-refractivity contribution is 6.04. The number of allylic oxidation sites excluding steroid dienone is 2. The van der Waals surface area contributed by atoms with Crippen molar-refractivity contribution in [3.05, 3.63) is 77.6 Å². The van der Waals surface area contributed by atoms with Gasteiger partial charge < -0.3 is 14.9 Å². The van der Waals surface area contributed by atoms with E-state index in [9.17, 15) is 14.4 Å². The van der Waals surface area contributed by atoms with Crippen LogP contribution in [0.5, 0.6) is 5.75 Å². The maximum Gasteiger partial charge on any atom is 0.250 e. The molecule has 0 saturated carbocycles. The van der Waals surface area contributed by atoms with Gasteiger partial charge in [-0.3, -0.25) is 19.7 Å². The second-order valence-electron chi connectivity index (χ2n) is 8.56. The second kappa shape index (κ2) is 10.4. The highest BCUT2D eigenvalue weighted by atomic mass is 16.5. The number of imide groups is 1. The molecule has 0 saturated heterocycles. The molecule has 2 amide bonds. The first-order chi connectivity index (χ1) is 16.6. The van der Waals surface area contributed by atoms with E-state index in [1.54, 1.807) is 50.3 Å². The molecule has 0 bridgehead atoms. The number of ether oxygens (including phenoxy) is 1. The number of nitrogens with one attached hydrogen (secondary N) is 1. The Bertz CT molecular complexity index is 1340. The maximum absolute atomic E-state index is 13.4. The maximum atomic E-state index is 13.4. The first kappa shape index (κ1) is 25.4. The SMILES string of the molecule is C=C(Cc1ccc(OC)cc1C(C)=O)CC(C)(C(=O)NC(=O)/C=C\C)c1cc2nc(N)ccc2o1. The molecule has 0 spiro atoms. The number of nitrogen functional groups attached to an aromatic ring is 1. The summed E-state index contributed by atoms with van der Waals surface area (Å²) in [4.78, 5) is 42.0. The van der Waals surface area contributed by atoms with Gasteiger partial charge in [-0.15, -0.1) is 0 Å². The van der Waals surface area contributed by atoms with E-state index in [0.717, 1.165) is 5.56 Å². The monoisotopic (exact) mass is 475 g/mol. The van der Waals surface area contributed by atoms with Gasteiger partial charge in [0.2, 0.25) is 11.8 Å². The van der Waals surface area contributed by atoms with Crippen LogP contribution in [-0.2, 0) is 21.4 Å². The van der Waals surface area contributed by atoms with E-state index in [2.05, 4.69) is 16.9 Å². The number of carbonyl (C=O) groups excluding carboxylic acids is 3. The fourth-order valence-corrected chi connectivity index (χ4v) is 3.93. The Balaban J connectivity index is 1.97. The third-order valence-corrected chi connectivity index (χ3v) is 5.74. The average molecular weight is 476 g/mol. The number of aromatic nitrogens is 1. The van der Waals surface area contributed by atoms with Gasteiger partial charge in [0.15, 0.2) is 11.4 Å². The molecular formula is C27H29N3O5. The van der Waals surface area contributed by atoms with Gasteiger partial charge in [0, 0.05) is 11.6 Å². The molecule has 3 N–H and O–H groups in total. The number of ketones is 1. The van der Waals surface area contributed by atoms with Crippen LogP contribution in [0.2, 0.25) is 0 Å². The summed E-state index contributed by atoms with van der Waals surface area (Å²) in [6, 6.07) is 10.2. The zero-order valence-electron chi connectivity index (χ0n) is 20.3. The molecule has 2 aromatic heterocycles. The minimum Gasteiger partial charge on any atom is -0.497 e. The summed E-state index contributed by atoms with van der Waals surface area (Å²) in [5, 5.41) is 2.41. The summed E-state index contributed by atoms with van der Waals surface area (Å²) in [6.45, 7) is 9.02. The van der Waals surface area contributed by atoms with E-state index < -0.39 is 17.2 Å². The number of anilines is 1. The number of pyridine rings is 1. The number of methoxy groups -OCH3 is 1. The predicted molar refractivity (Wildman–Crippen MR) is 134 cm³/mol. The molecule has 3 rings (SSSR count). The van der Waals surface area contributed by atoms with E-state index in [0.29, 0.717) is 46.0 Å². The molecule has 1 unspecified atom stereocenters. The van der Waals surface area contributed by atoms with Crippen molar-refractivity contribution in [1.29, 1.82) is 0 Å². The highest BCUT2D eigenvalue weighted by Gasteiger charge is 2.40. The number of furan rings is 1. The number of Topliss-reactive ketones (excluding diaryl/α,β-unsaturated/α-hetero) is 1. The molecule has 0 aliphatic heterocycles. The van der Waals surface area contributed by atoms with Crippen molar-refractivity contribution < 1.29 is 23.5 Å². The van der Waals surface area contributed by atoms with Gasteiger partial charge in [0.25, 0.3) is 0 Å². The highest BCUT2D eigenvalue weighted by Crippen LogP contribution is 2.36. The number of fused-ring (bicyclic) bond motifs is 1. The van der Waals surface area contributed by atoms with Crippen LogP contribution < -0.4 is 15.8 Å². The zero-order chi connectivity index (χ0) is 25.8. The smallest absolute Gasteiger partial charge is 0.250 e. The number of amides is 2. The number of nitrogens with two attached hydrogens (primary N) is 1. The first-order valence-corrected chi connectivity index (χ1v) is 11.1. The third-order valence-electron chi connectivity index (χ3n) is 5.74. The van der Waals surface area contributed by atoms with Gasteiger partial charge in [0.05, 0.1) is 7.11 Å². The molecule has 1 aromatic carbocycles. The van der Waals surface area contributed by atoms with Crippen molar-refractivity contribution in [2.75, 3.05) is 12.8 Å². The van der Waals surface area contributed by atoms with Gasteiger partial charge in [-0.1, -0.05) is 24.3 Å². The van der Waals surface area contributed by atoms with Crippen LogP contribution >= 0.6 is 0 Å². The lowest BCUT2D eigenvalue weighted by Gasteiger charge is -2.27. The summed E-state index contributed by atoms with van der Waals surface area (Å²) in [5.41, 5.74) is 7.42. The molecule has 3 aromatic rings. The van der Waals surface area contributed by atoms with Gasteiger partial charge in [-0.05, 0) is 69.5 Å². The van der Waals surface area contributed by atoms with E-state index in [-0.39, 0.29) is 12.2 Å². The van der Waals surface area contributed by atoms with Gasteiger partial charge in [0.1, 0.15) is 28.3 Å². The standard InChI is InChI=1S/C27H29N3O5/c1-6-7-25(32)30-26(33)27(4,23-14-21-22(35-23)10-11-24(28)29-21)15-16(2)12-18-8-9-19(34-5)13-20(18)17(3)31/h6-11,13-14H,2,12,15H2,1,3-5H3,(H2,28,29)(H,30,32,33)/b7-6-. The van der Waals surface area contributed by atoms with Crippen LogP contribution in [0.25, 0.3) is 11.1 Å². The molecule has 1 atom stereocenters. The fourth-order valence-electron chi connectivity index (χ4n) is 3.93. The normalized spacial score (nSPS) is 12.9. The molecule has 182 valence electrons.